The molecule has 0 radical (unpaired) electrons. The van der Waals surface area contributed by atoms with Crippen LogP contribution >= 0.6 is 11.6 Å². The van der Waals surface area contributed by atoms with E-state index in [0.717, 1.165) is 13.1 Å². The molecule has 0 aromatic carbocycles. The highest BCUT2D eigenvalue weighted by molar-refractivity contribution is 6.28. The first-order chi connectivity index (χ1) is 8.65. The third-order valence-electron chi connectivity index (χ3n) is 2.53. The van der Waals surface area contributed by atoms with Gasteiger partial charge >= 0.3 is 0 Å². The van der Waals surface area contributed by atoms with Crippen molar-refractivity contribution < 1.29 is 9.81 Å². The summed E-state index contributed by atoms with van der Waals surface area (Å²) in [5, 5.41) is 16.6. The molecule has 1 saturated heterocycles. The second-order valence-corrected chi connectivity index (χ2v) is 4.18. The van der Waals surface area contributed by atoms with Crippen LogP contribution in [0.15, 0.2) is 17.5 Å². The Balaban J connectivity index is 1.92. The van der Waals surface area contributed by atoms with E-state index in [9.17, 15) is 5.21 Å². The van der Waals surface area contributed by atoms with Gasteiger partial charge < -0.3 is 10.1 Å². The summed E-state index contributed by atoms with van der Waals surface area (Å²) in [4.78, 5) is 14.9. The van der Waals surface area contributed by atoms with Crippen LogP contribution in [0.2, 0.25) is 5.28 Å². The third-order valence-corrected chi connectivity index (χ3v) is 2.71. The maximum absolute atomic E-state index is 11.6. The molecule has 0 spiro atoms. The Morgan fingerprint density at radius 3 is 2.83 bits per heavy atom. The molecule has 0 unspecified atom stereocenters. The number of hydrazine groups is 1. The maximum Gasteiger partial charge on any atom is 0.259 e. The van der Waals surface area contributed by atoms with Crippen LogP contribution in [0.25, 0.3) is 0 Å². The summed E-state index contributed by atoms with van der Waals surface area (Å²) in [7, 11) is 2.00. The largest absolute Gasteiger partial charge is 0.569 e. The second kappa shape index (κ2) is 5.78. The normalized spacial score (nSPS) is 17.9. The number of nitrogens with zero attached hydrogens (tertiary/aromatic N) is 6. The molecule has 98 valence electrons. The lowest BCUT2D eigenvalue weighted by atomic mass is 10.4. The van der Waals surface area contributed by atoms with Gasteiger partial charge in [0.05, 0.1) is 18.1 Å². The molecule has 1 aromatic heterocycles. The average Bonchev–Trinajstić information content (AvgIpc) is 2.37. The number of halogens is 1. The predicted molar refractivity (Wildman–Crippen MR) is 62.8 cm³/mol. The highest BCUT2D eigenvalue weighted by Gasteiger charge is 2.19. The molecule has 2 rings (SSSR count). The van der Waals surface area contributed by atoms with E-state index >= 15 is 0 Å². The topological polar surface area (TPSA) is 79.9 Å². The molecule has 1 aliphatic heterocycles. The SMILES string of the molecule is CN1CCN(/[N+]([O-])=N/Oc2ccnc(Cl)n2)CC1. The van der Waals surface area contributed by atoms with Crippen LogP contribution in [-0.2, 0) is 0 Å². The molecule has 9 heteroatoms. The molecule has 0 N–H and O–H groups in total. The van der Waals surface area contributed by atoms with Crippen LogP contribution in [0.5, 0.6) is 5.88 Å². The number of hydrogen-bond donors (Lipinski definition) is 0. The highest BCUT2D eigenvalue weighted by Crippen LogP contribution is 2.09. The monoisotopic (exact) mass is 272 g/mol. The summed E-state index contributed by atoms with van der Waals surface area (Å²) in [6.45, 7) is 2.84. The Morgan fingerprint density at radius 2 is 2.17 bits per heavy atom. The van der Waals surface area contributed by atoms with E-state index in [1.54, 1.807) is 5.01 Å². The van der Waals surface area contributed by atoms with E-state index in [1.807, 2.05) is 7.05 Å². The van der Waals surface area contributed by atoms with Crippen molar-refractivity contribution in [3.8, 4) is 5.88 Å². The summed E-state index contributed by atoms with van der Waals surface area (Å²) in [5.41, 5.74) is 0. The van der Waals surface area contributed by atoms with Crippen LogP contribution in [0.4, 0.5) is 0 Å². The van der Waals surface area contributed by atoms with Gasteiger partial charge in [0.15, 0.2) is 0 Å². The van der Waals surface area contributed by atoms with Crippen LogP contribution in [0.1, 0.15) is 0 Å². The second-order valence-electron chi connectivity index (χ2n) is 3.85. The van der Waals surface area contributed by atoms with Crippen molar-refractivity contribution in [2.75, 3.05) is 33.2 Å². The van der Waals surface area contributed by atoms with E-state index in [2.05, 4.69) is 20.1 Å². The van der Waals surface area contributed by atoms with E-state index in [0.29, 0.717) is 18.1 Å². The van der Waals surface area contributed by atoms with Gasteiger partial charge in [0.2, 0.25) is 10.6 Å². The Bertz CT molecular complexity index is 435. The molecule has 8 nitrogen and oxygen atoms in total. The van der Waals surface area contributed by atoms with Crippen molar-refractivity contribution in [1.82, 2.24) is 19.9 Å². The average molecular weight is 273 g/mol. The fourth-order valence-corrected chi connectivity index (χ4v) is 1.61. The van der Waals surface area contributed by atoms with Crippen molar-refractivity contribution in [3.05, 3.63) is 22.8 Å². The zero-order chi connectivity index (χ0) is 13.0. The molecule has 0 aliphatic carbocycles. The number of likely N-dealkylation sites (N-methyl/N-ethyl adjacent to an activating group) is 1. The minimum absolute atomic E-state index is 0.0414. The quantitative estimate of drug-likeness (QED) is 0.346. The van der Waals surface area contributed by atoms with Gasteiger partial charge in [0.25, 0.3) is 5.88 Å². The smallest absolute Gasteiger partial charge is 0.259 e. The van der Waals surface area contributed by atoms with E-state index in [1.165, 1.54) is 12.3 Å². The van der Waals surface area contributed by atoms with Gasteiger partial charge in [0, 0.05) is 25.4 Å². The van der Waals surface area contributed by atoms with Gasteiger partial charge in [-0.3, -0.25) is 4.84 Å². The minimum Gasteiger partial charge on any atom is -0.569 e. The summed E-state index contributed by atoms with van der Waals surface area (Å²) in [5.74, 6) is 0.130. The molecule has 0 atom stereocenters. The van der Waals surface area contributed by atoms with Gasteiger partial charge in [0.1, 0.15) is 0 Å². The molecule has 1 aromatic rings. The molecule has 18 heavy (non-hydrogen) atoms. The van der Waals surface area contributed by atoms with Crippen molar-refractivity contribution in [2.24, 2.45) is 5.28 Å². The van der Waals surface area contributed by atoms with E-state index in [4.69, 9.17) is 16.4 Å². The van der Waals surface area contributed by atoms with Crippen molar-refractivity contribution in [2.45, 2.75) is 0 Å². The van der Waals surface area contributed by atoms with Gasteiger partial charge in [-0.2, -0.15) is 4.98 Å². The lowest BCUT2D eigenvalue weighted by molar-refractivity contribution is -0.709. The highest BCUT2D eigenvalue weighted by atomic mass is 35.5. The van der Waals surface area contributed by atoms with Crippen LogP contribution in [-0.4, -0.2) is 58.1 Å². The van der Waals surface area contributed by atoms with Crippen molar-refractivity contribution in [3.63, 3.8) is 0 Å². The van der Waals surface area contributed by atoms with Gasteiger partial charge in [-0.15, -0.1) is 5.01 Å². The lowest BCUT2D eigenvalue weighted by Crippen LogP contribution is -2.47. The fraction of sp³-hybridized carbons (Fsp3) is 0.556. The van der Waals surface area contributed by atoms with Gasteiger partial charge in [-0.1, -0.05) is 0 Å². The van der Waals surface area contributed by atoms with Crippen LogP contribution in [0.3, 0.4) is 0 Å². The fourth-order valence-electron chi connectivity index (χ4n) is 1.47. The number of piperazine rings is 1. The minimum atomic E-state index is 0.0414. The van der Waals surface area contributed by atoms with Crippen molar-refractivity contribution >= 4 is 11.6 Å². The zero-order valence-electron chi connectivity index (χ0n) is 9.86. The Hall–Kier alpha value is -1.67. The van der Waals surface area contributed by atoms with E-state index < -0.39 is 0 Å². The maximum atomic E-state index is 11.6. The first-order valence-corrected chi connectivity index (χ1v) is 5.80. The van der Waals surface area contributed by atoms with Crippen LogP contribution in [0, 0.1) is 5.21 Å². The Labute approximate surface area is 109 Å². The molecule has 1 aliphatic rings. The molecular weight excluding hydrogens is 260 g/mol. The summed E-state index contributed by atoms with van der Waals surface area (Å²) in [6.07, 6.45) is 1.42. The van der Waals surface area contributed by atoms with E-state index in [-0.39, 0.29) is 11.2 Å². The first kappa shape index (κ1) is 12.8. The molecular formula is C9H13ClN6O2. The summed E-state index contributed by atoms with van der Waals surface area (Å²) < 4.78 is 0. The van der Waals surface area contributed by atoms with Gasteiger partial charge in [-0.05, 0) is 18.6 Å². The molecule has 2 heterocycles. The van der Waals surface area contributed by atoms with Gasteiger partial charge in [-0.25, -0.2) is 4.98 Å². The number of hydrogen-bond acceptors (Lipinski definition) is 6. The number of rotatable bonds is 3. The predicted octanol–water partition coefficient (Wildman–Crippen LogP) is 0.549. The molecule has 0 saturated carbocycles. The van der Waals surface area contributed by atoms with Crippen molar-refractivity contribution in [1.29, 1.82) is 0 Å². The molecule has 0 amide bonds. The molecule has 1 fully saturated rings. The Morgan fingerprint density at radius 1 is 1.44 bits per heavy atom. The number of aromatic nitrogens is 2. The summed E-state index contributed by atoms with van der Waals surface area (Å²) in [6, 6.07) is 1.47. The standard InChI is InChI=1S/C9H13ClN6O2/c1-14-4-6-15(7-5-14)16(17)13-18-8-2-3-11-9(10)12-8/h2-3H,4-7H2,1H3/b16-13-. The lowest BCUT2D eigenvalue weighted by Gasteiger charge is -2.28. The third kappa shape index (κ3) is 3.41. The Kier molecular flexibility index (Phi) is 4.11. The first-order valence-electron chi connectivity index (χ1n) is 5.42. The molecule has 0 bridgehead atoms. The van der Waals surface area contributed by atoms with Crippen LogP contribution < -0.4 is 4.84 Å². The summed E-state index contributed by atoms with van der Waals surface area (Å²) >= 11 is 5.57. The zero-order valence-corrected chi connectivity index (χ0v) is 10.6.